The summed E-state index contributed by atoms with van der Waals surface area (Å²) in [6.45, 7) is 0. The van der Waals surface area contributed by atoms with Crippen molar-refractivity contribution in [1.29, 1.82) is 0 Å². The average Bonchev–Trinajstić information content (AvgIpc) is 2.03. The van der Waals surface area contributed by atoms with Gasteiger partial charge in [0.2, 0.25) is 0 Å². The number of carbonyl (C=O) groups is 1. The van der Waals surface area contributed by atoms with Gasteiger partial charge in [-0.15, -0.1) is 11.8 Å². The number of thioether (sulfide) groups is 1. The molecule has 0 amide bonds. The molecule has 0 aliphatic rings. The first kappa shape index (κ1) is 9.90. The van der Waals surface area contributed by atoms with E-state index >= 15 is 0 Å². The molecule has 0 saturated heterocycles. The van der Waals surface area contributed by atoms with Gasteiger partial charge in [0.05, 0.1) is 10.6 Å². The second-order valence-electron chi connectivity index (χ2n) is 2.12. The van der Waals surface area contributed by atoms with Crippen molar-refractivity contribution in [1.82, 2.24) is 0 Å². The third kappa shape index (κ3) is 2.16. The zero-order chi connectivity index (χ0) is 9.14. The molecular formula is C8H6Cl2OS. The lowest BCUT2D eigenvalue weighted by molar-refractivity contribution is 0.108. The van der Waals surface area contributed by atoms with Crippen LogP contribution in [0.25, 0.3) is 0 Å². The first-order chi connectivity index (χ1) is 5.65. The molecular weight excluding hydrogens is 215 g/mol. The zero-order valence-corrected chi connectivity index (χ0v) is 8.63. The summed E-state index contributed by atoms with van der Waals surface area (Å²) < 4.78 is 0. The molecule has 0 aliphatic carbocycles. The van der Waals surface area contributed by atoms with Crippen molar-refractivity contribution in [3.63, 3.8) is 0 Å². The van der Waals surface area contributed by atoms with E-state index in [0.717, 1.165) is 4.90 Å². The van der Waals surface area contributed by atoms with E-state index in [2.05, 4.69) is 0 Å². The standard InChI is InChI=1S/C8H6Cl2OS/c1-12-5-2-3-6(8(10)11)7(9)4-5/h2-4H,1H3. The fraction of sp³-hybridized carbons (Fsp3) is 0.125. The van der Waals surface area contributed by atoms with E-state index in [1.807, 2.05) is 12.3 Å². The van der Waals surface area contributed by atoms with Crippen LogP contribution in [0.4, 0.5) is 0 Å². The van der Waals surface area contributed by atoms with E-state index in [0.29, 0.717) is 10.6 Å². The number of benzene rings is 1. The lowest BCUT2D eigenvalue weighted by Crippen LogP contribution is -1.89. The number of hydrogen-bond donors (Lipinski definition) is 0. The van der Waals surface area contributed by atoms with E-state index in [9.17, 15) is 4.79 Å². The largest absolute Gasteiger partial charge is 0.276 e. The van der Waals surface area contributed by atoms with Crippen LogP contribution in [-0.2, 0) is 0 Å². The fourth-order valence-electron chi connectivity index (χ4n) is 0.782. The zero-order valence-electron chi connectivity index (χ0n) is 6.30. The Morgan fingerprint density at radius 1 is 1.50 bits per heavy atom. The Kier molecular flexibility index (Phi) is 3.44. The highest BCUT2D eigenvalue weighted by atomic mass is 35.5. The highest BCUT2D eigenvalue weighted by Gasteiger charge is 2.06. The highest BCUT2D eigenvalue weighted by molar-refractivity contribution is 7.98. The number of halogens is 2. The maximum atomic E-state index is 10.7. The third-order valence-corrected chi connectivity index (χ3v) is 2.63. The van der Waals surface area contributed by atoms with Gasteiger partial charge in [-0.2, -0.15) is 0 Å². The molecule has 1 nitrogen and oxygen atoms in total. The summed E-state index contributed by atoms with van der Waals surface area (Å²) in [5, 5.41) is -0.116. The molecule has 0 aromatic heterocycles. The summed E-state index contributed by atoms with van der Waals surface area (Å²) in [6.07, 6.45) is 1.94. The Morgan fingerprint density at radius 2 is 2.17 bits per heavy atom. The van der Waals surface area contributed by atoms with Gasteiger partial charge in [0.15, 0.2) is 0 Å². The molecule has 64 valence electrons. The van der Waals surface area contributed by atoms with Crippen LogP contribution in [0.3, 0.4) is 0 Å². The van der Waals surface area contributed by atoms with E-state index in [-0.39, 0.29) is 0 Å². The van der Waals surface area contributed by atoms with E-state index in [4.69, 9.17) is 23.2 Å². The van der Waals surface area contributed by atoms with Crippen LogP contribution in [0.1, 0.15) is 10.4 Å². The van der Waals surface area contributed by atoms with Crippen molar-refractivity contribution >= 4 is 40.2 Å². The molecule has 0 saturated carbocycles. The minimum Gasteiger partial charge on any atom is -0.276 e. The van der Waals surface area contributed by atoms with Crippen molar-refractivity contribution in [3.05, 3.63) is 28.8 Å². The van der Waals surface area contributed by atoms with Gasteiger partial charge in [0.1, 0.15) is 0 Å². The van der Waals surface area contributed by atoms with Crippen LogP contribution >= 0.6 is 35.0 Å². The van der Waals surface area contributed by atoms with Crippen LogP contribution in [0, 0.1) is 0 Å². The molecule has 0 radical (unpaired) electrons. The molecule has 0 spiro atoms. The highest BCUT2D eigenvalue weighted by Crippen LogP contribution is 2.24. The monoisotopic (exact) mass is 220 g/mol. The average molecular weight is 221 g/mol. The van der Waals surface area contributed by atoms with E-state index < -0.39 is 5.24 Å². The van der Waals surface area contributed by atoms with Crippen molar-refractivity contribution < 1.29 is 4.79 Å². The summed E-state index contributed by atoms with van der Waals surface area (Å²) in [7, 11) is 0. The molecule has 12 heavy (non-hydrogen) atoms. The van der Waals surface area contributed by atoms with Gasteiger partial charge >= 0.3 is 0 Å². The minimum atomic E-state index is -0.521. The van der Waals surface area contributed by atoms with Crippen LogP contribution in [0.2, 0.25) is 5.02 Å². The Labute approximate surface area is 85.1 Å². The second-order valence-corrected chi connectivity index (χ2v) is 3.75. The summed E-state index contributed by atoms with van der Waals surface area (Å²) >= 11 is 12.6. The van der Waals surface area contributed by atoms with Crippen molar-refractivity contribution in [2.45, 2.75) is 4.90 Å². The Hall–Kier alpha value is -0.180. The van der Waals surface area contributed by atoms with Crippen molar-refractivity contribution in [2.75, 3.05) is 6.26 Å². The maximum Gasteiger partial charge on any atom is 0.253 e. The Bertz CT molecular complexity index is 312. The summed E-state index contributed by atoms with van der Waals surface area (Å²) in [4.78, 5) is 11.8. The Morgan fingerprint density at radius 3 is 2.58 bits per heavy atom. The molecule has 0 N–H and O–H groups in total. The first-order valence-corrected chi connectivity index (χ1v) is 5.16. The fourth-order valence-corrected chi connectivity index (χ4v) is 1.77. The molecule has 0 bridgehead atoms. The smallest absolute Gasteiger partial charge is 0.253 e. The molecule has 1 aromatic rings. The molecule has 1 rings (SSSR count). The predicted octanol–water partition coefficient (Wildman–Crippen LogP) is 3.44. The van der Waals surface area contributed by atoms with E-state index in [1.165, 1.54) is 0 Å². The normalized spacial score (nSPS) is 9.92. The predicted molar refractivity (Wildman–Crippen MR) is 53.4 cm³/mol. The minimum absolute atomic E-state index is 0.358. The van der Waals surface area contributed by atoms with Gasteiger partial charge < -0.3 is 0 Å². The van der Waals surface area contributed by atoms with Crippen LogP contribution < -0.4 is 0 Å². The van der Waals surface area contributed by atoms with E-state index in [1.54, 1.807) is 23.9 Å². The lowest BCUT2D eigenvalue weighted by atomic mass is 10.2. The van der Waals surface area contributed by atoms with Gasteiger partial charge in [-0.25, -0.2) is 0 Å². The topological polar surface area (TPSA) is 17.1 Å². The van der Waals surface area contributed by atoms with Gasteiger partial charge in [-0.05, 0) is 36.1 Å². The second kappa shape index (κ2) is 4.17. The van der Waals surface area contributed by atoms with Gasteiger partial charge in [-0.3, -0.25) is 4.79 Å². The van der Waals surface area contributed by atoms with Crippen molar-refractivity contribution in [2.24, 2.45) is 0 Å². The van der Waals surface area contributed by atoms with Crippen LogP contribution in [0.15, 0.2) is 23.1 Å². The molecule has 0 aliphatic heterocycles. The molecule has 0 heterocycles. The van der Waals surface area contributed by atoms with Crippen LogP contribution in [0.5, 0.6) is 0 Å². The maximum absolute atomic E-state index is 10.7. The number of carbonyl (C=O) groups excluding carboxylic acids is 1. The van der Waals surface area contributed by atoms with Gasteiger partial charge in [0, 0.05) is 4.90 Å². The summed E-state index contributed by atoms with van der Waals surface area (Å²) in [5.74, 6) is 0. The summed E-state index contributed by atoms with van der Waals surface area (Å²) in [6, 6.07) is 5.16. The molecule has 0 atom stereocenters. The number of rotatable bonds is 2. The van der Waals surface area contributed by atoms with Crippen LogP contribution in [-0.4, -0.2) is 11.5 Å². The Balaban J connectivity index is 3.12. The molecule has 0 fully saturated rings. The quantitative estimate of drug-likeness (QED) is 0.562. The molecule has 0 unspecified atom stereocenters. The van der Waals surface area contributed by atoms with Crippen molar-refractivity contribution in [3.8, 4) is 0 Å². The number of hydrogen-bond acceptors (Lipinski definition) is 2. The SMILES string of the molecule is CSc1ccc(C(=O)Cl)c(Cl)c1. The van der Waals surface area contributed by atoms with Gasteiger partial charge in [-0.1, -0.05) is 11.6 Å². The molecule has 4 heteroatoms. The summed E-state index contributed by atoms with van der Waals surface area (Å²) in [5.41, 5.74) is 0.358. The van der Waals surface area contributed by atoms with Gasteiger partial charge in [0.25, 0.3) is 5.24 Å². The molecule has 1 aromatic carbocycles. The first-order valence-electron chi connectivity index (χ1n) is 3.18. The third-order valence-electron chi connectivity index (χ3n) is 1.39. The lowest BCUT2D eigenvalue weighted by Gasteiger charge is -2.00.